The standard InChI is InChI=1S/C15H23NO/c1-5-6-7-8-14(16-3)13-10-9-12(2)11-15(13)17-4/h5,9-11,14,16H,1,6-8H2,2-4H3. The molecule has 17 heavy (non-hydrogen) atoms. The van der Waals surface area contributed by atoms with Gasteiger partial charge in [0.2, 0.25) is 0 Å². The number of methoxy groups -OCH3 is 1. The second-order valence-corrected chi connectivity index (χ2v) is 4.31. The van der Waals surface area contributed by atoms with Gasteiger partial charge in [-0.2, -0.15) is 0 Å². The van der Waals surface area contributed by atoms with Crippen LogP contribution in [-0.2, 0) is 0 Å². The van der Waals surface area contributed by atoms with E-state index in [9.17, 15) is 0 Å². The van der Waals surface area contributed by atoms with Crippen LogP contribution in [0.1, 0.15) is 36.4 Å². The molecule has 0 spiro atoms. The van der Waals surface area contributed by atoms with Crippen LogP contribution in [0.2, 0.25) is 0 Å². The molecule has 0 amide bonds. The molecular weight excluding hydrogens is 210 g/mol. The normalized spacial score (nSPS) is 12.2. The Balaban J connectivity index is 2.82. The van der Waals surface area contributed by atoms with Crippen molar-refractivity contribution in [3.8, 4) is 5.75 Å². The molecule has 0 aromatic heterocycles. The van der Waals surface area contributed by atoms with E-state index in [-0.39, 0.29) is 0 Å². The molecule has 0 heterocycles. The monoisotopic (exact) mass is 233 g/mol. The number of aryl methyl sites for hydroxylation is 1. The predicted octanol–water partition coefficient (Wildman–Crippen LogP) is 3.62. The van der Waals surface area contributed by atoms with Crippen LogP contribution in [0.15, 0.2) is 30.9 Å². The molecule has 1 aromatic rings. The summed E-state index contributed by atoms with van der Waals surface area (Å²) in [5.41, 5.74) is 2.47. The summed E-state index contributed by atoms with van der Waals surface area (Å²) in [6.45, 7) is 5.84. The summed E-state index contributed by atoms with van der Waals surface area (Å²) >= 11 is 0. The molecule has 0 aliphatic carbocycles. The van der Waals surface area contributed by atoms with Gasteiger partial charge in [0.25, 0.3) is 0 Å². The first-order chi connectivity index (χ1) is 8.22. The Morgan fingerprint density at radius 2 is 2.24 bits per heavy atom. The third kappa shape index (κ3) is 3.90. The first kappa shape index (κ1) is 13.8. The van der Waals surface area contributed by atoms with E-state index >= 15 is 0 Å². The number of unbranched alkanes of at least 4 members (excludes halogenated alkanes) is 1. The highest BCUT2D eigenvalue weighted by atomic mass is 16.5. The molecule has 0 fully saturated rings. The minimum absolute atomic E-state index is 0.352. The summed E-state index contributed by atoms with van der Waals surface area (Å²) < 4.78 is 5.46. The van der Waals surface area contributed by atoms with Gasteiger partial charge in [-0.1, -0.05) is 18.2 Å². The van der Waals surface area contributed by atoms with Crippen molar-refractivity contribution in [2.45, 2.75) is 32.2 Å². The lowest BCUT2D eigenvalue weighted by molar-refractivity contribution is 0.397. The van der Waals surface area contributed by atoms with Crippen LogP contribution in [-0.4, -0.2) is 14.2 Å². The largest absolute Gasteiger partial charge is 0.496 e. The van der Waals surface area contributed by atoms with Crippen molar-refractivity contribution in [1.82, 2.24) is 5.32 Å². The van der Waals surface area contributed by atoms with Crippen LogP contribution in [0.3, 0.4) is 0 Å². The first-order valence-corrected chi connectivity index (χ1v) is 6.15. The minimum atomic E-state index is 0.352. The molecule has 0 aliphatic heterocycles. The summed E-state index contributed by atoms with van der Waals surface area (Å²) in [6, 6.07) is 6.73. The van der Waals surface area contributed by atoms with Crippen LogP contribution in [0, 0.1) is 6.92 Å². The smallest absolute Gasteiger partial charge is 0.123 e. The van der Waals surface area contributed by atoms with Gasteiger partial charge in [-0.3, -0.25) is 0 Å². The Morgan fingerprint density at radius 1 is 1.47 bits per heavy atom. The van der Waals surface area contributed by atoms with Gasteiger partial charge in [-0.05, 0) is 44.9 Å². The molecule has 0 radical (unpaired) electrons. The van der Waals surface area contributed by atoms with Gasteiger partial charge < -0.3 is 10.1 Å². The Morgan fingerprint density at radius 3 is 2.82 bits per heavy atom. The van der Waals surface area contributed by atoms with Crippen molar-refractivity contribution in [2.75, 3.05) is 14.2 Å². The Kier molecular flexibility index (Phi) is 5.78. The molecule has 1 atom stereocenters. The van der Waals surface area contributed by atoms with Crippen molar-refractivity contribution in [1.29, 1.82) is 0 Å². The number of allylic oxidation sites excluding steroid dienone is 1. The highest BCUT2D eigenvalue weighted by Crippen LogP contribution is 2.29. The maximum absolute atomic E-state index is 5.46. The Labute approximate surface area is 105 Å². The fourth-order valence-corrected chi connectivity index (χ4v) is 2.03. The Hall–Kier alpha value is -1.28. The second-order valence-electron chi connectivity index (χ2n) is 4.31. The molecule has 1 rings (SSSR count). The summed E-state index contributed by atoms with van der Waals surface area (Å²) in [4.78, 5) is 0. The van der Waals surface area contributed by atoms with E-state index in [0.29, 0.717) is 6.04 Å². The van der Waals surface area contributed by atoms with Gasteiger partial charge in [0.05, 0.1) is 7.11 Å². The molecule has 0 saturated heterocycles. The quantitative estimate of drug-likeness (QED) is 0.573. The van der Waals surface area contributed by atoms with Gasteiger partial charge in [-0.15, -0.1) is 6.58 Å². The van der Waals surface area contributed by atoms with Crippen molar-refractivity contribution in [2.24, 2.45) is 0 Å². The lowest BCUT2D eigenvalue weighted by Gasteiger charge is -2.19. The SMILES string of the molecule is C=CCCCC(NC)c1ccc(C)cc1OC. The topological polar surface area (TPSA) is 21.3 Å². The lowest BCUT2D eigenvalue weighted by atomic mass is 9.99. The van der Waals surface area contributed by atoms with Gasteiger partial charge in [0.1, 0.15) is 5.75 Å². The summed E-state index contributed by atoms with van der Waals surface area (Å²) in [5.74, 6) is 0.975. The van der Waals surface area contributed by atoms with Crippen molar-refractivity contribution < 1.29 is 4.74 Å². The van der Waals surface area contributed by atoms with Crippen LogP contribution in [0.5, 0.6) is 5.75 Å². The fourth-order valence-electron chi connectivity index (χ4n) is 2.03. The highest BCUT2D eigenvalue weighted by Gasteiger charge is 2.13. The van der Waals surface area contributed by atoms with Crippen molar-refractivity contribution >= 4 is 0 Å². The van der Waals surface area contributed by atoms with Gasteiger partial charge >= 0.3 is 0 Å². The highest BCUT2D eigenvalue weighted by molar-refractivity contribution is 5.39. The molecule has 0 saturated carbocycles. The van der Waals surface area contributed by atoms with Crippen LogP contribution >= 0.6 is 0 Å². The molecule has 0 bridgehead atoms. The zero-order valence-corrected chi connectivity index (χ0v) is 11.1. The number of benzene rings is 1. The van der Waals surface area contributed by atoms with E-state index in [1.807, 2.05) is 13.1 Å². The lowest BCUT2D eigenvalue weighted by Crippen LogP contribution is -2.17. The van der Waals surface area contributed by atoms with Gasteiger partial charge in [0.15, 0.2) is 0 Å². The molecule has 1 N–H and O–H groups in total. The summed E-state index contributed by atoms with van der Waals surface area (Å²) in [7, 11) is 3.73. The molecule has 2 nitrogen and oxygen atoms in total. The van der Waals surface area contributed by atoms with Crippen LogP contribution in [0.25, 0.3) is 0 Å². The van der Waals surface area contributed by atoms with Crippen LogP contribution in [0.4, 0.5) is 0 Å². The average molecular weight is 233 g/mol. The zero-order valence-electron chi connectivity index (χ0n) is 11.1. The maximum Gasteiger partial charge on any atom is 0.123 e. The van der Waals surface area contributed by atoms with E-state index in [1.54, 1.807) is 7.11 Å². The van der Waals surface area contributed by atoms with E-state index in [0.717, 1.165) is 25.0 Å². The minimum Gasteiger partial charge on any atom is -0.496 e. The maximum atomic E-state index is 5.46. The number of hydrogen-bond acceptors (Lipinski definition) is 2. The third-order valence-corrected chi connectivity index (χ3v) is 3.01. The Bertz CT molecular complexity index is 360. The number of hydrogen-bond donors (Lipinski definition) is 1. The summed E-state index contributed by atoms with van der Waals surface area (Å²) in [6.07, 6.45) is 5.28. The van der Waals surface area contributed by atoms with E-state index < -0.39 is 0 Å². The third-order valence-electron chi connectivity index (χ3n) is 3.01. The fraction of sp³-hybridized carbons (Fsp3) is 0.467. The molecule has 1 aromatic carbocycles. The molecule has 2 heteroatoms. The van der Waals surface area contributed by atoms with Gasteiger partial charge in [-0.25, -0.2) is 0 Å². The first-order valence-electron chi connectivity index (χ1n) is 6.15. The van der Waals surface area contributed by atoms with E-state index in [1.165, 1.54) is 11.1 Å². The van der Waals surface area contributed by atoms with E-state index in [2.05, 4.69) is 37.0 Å². The van der Waals surface area contributed by atoms with Crippen molar-refractivity contribution in [3.05, 3.63) is 42.0 Å². The summed E-state index contributed by atoms with van der Waals surface area (Å²) in [5, 5.41) is 3.36. The zero-order chi connectivity index (χ0) is 12.7. The van der Waals surface area contributed by atoms with Crippen LogP contribution < -0.4 is 10.1 Å². The number of rotatable bonds is 7. The number of nitrogens with one attached hydrogen (secondary N) is 1. The van der Waals surface area contributed by atoms with Crippen molar-refractivity contribution in [3.63, 3.8) is 0 Å². The van der Waals surface area contributed by atoms with Gasteiger partial charge in [0, 0.05) is 11.6 Å². The number of ether oxygens (including phenoxy) is 1. The molecule has 0 aliphatic rings. The second kappa shape index (κ2) is 7.13. The average Bonchev–Trinajstić information content (AvgIpc) is 2.35. The molecular formula is C15H23NO. The molecule has 1 unspecified atom stereocenters. The predicted molar refractivity (Wildman–Crippen MR) is 73.6 cm³/mol. The van der Waals surface area contributed by atoms with E-state index in [4.69, 9.17) is 4.74 Å². The molecule has 94 valence electrons.